The number of likely N-dealkylation sites (tertiary alicyclic amines) is 1. The molecule has 36 heavy (non-hydrogen) atoms. The minimum atomic E-state index is -0.104. The van der Waals surface area contributed by atoms with Gasteiger partial charge in [-0.15, -0.1) is 0 Å². The highest BCUT2D eigenvalue weighted by Gasteiger charge is 2.44. The molecule has 0 spiro atoms. The lowest BCUT2D eigenvalue weighted by molar-refractivity contribution is -0.139. The van der Waals surface area contributed by atoms with E-state index < -0.39 is 0 Å². The normalized spacial score (nSPS) is 20.0. The van der Waals surface area contributed by atoms with Gasteiger partial charge in [0.2, 0.25) is 5.91 Å². The van der Waals surface area contributed by atoms with Gasteiger partial charge >= 0.3 is 0 Å². The number of hydrogen-bond acceptors (Lipinski definition) is 6. The maximum Gasteiger partial charge on any atom is 0.223 e. The summed E-state index contributed by atoms with van der Waals surface area (Å²) in [6.45, 7) is 3.73. The molecule has 3 atom stereocenters. The van der Waals surface area contributed by atoms with E-state index in [1.807, 2.05) is 42.5 Å². The summed E-state index contributed by atoms with van der Waals surface area (Å²) in [4.78, 5) is 17.3. The van der Waals surface area contributed by atoms with Crippen LogP contribution in [0, 0.1) is 11.3 Å². The molecule has 2 aromatic rings. The largest absolute Gasteiger partial charge is 0.493 e. The summed E-state index contributed by atoms with van der Waals surface area (Å²) in [6, 6.07) is 16.2. The highest BCUT2D eigenvalue weighted by Crippen LogP contribution is 2.35. The first-order valence-electron chi connectivity index (χ1n) is 13.0. The van der Waals surface area contributed by atoms with Crippen LogP contribution in [0.25, 0.3) is 0 Å². The lowest BCUT2D eigenvalue weighted by Crippen LogP contribution is -2.59. The Hall–Kier alpha value is -3.24. The van der Waals surface area contributed by atoms with Crippen molar-refractivity contribution in [3.63, 3.8) is 0 Å². The van der Waals surface area contributed by atoms with E-state index in [0.29, 0.717) is 29.4 Å². The van der Waals surface area contributed by atoms with E-state index in [0.717, 1.165) is 57.4 Å². The molecule has 0 saturated carbocycles. The molecule has 2 aliphatic rings. The Morgan fingerprint density at radius 2 is 1.75 bits per heavy atom. The third-order valence-corrected chi connectivity index (χ3v) is 7.30. The molecule has 2 bridgehead atoms. The van der Waals surface area contributed by atoms with Crippen molar-refractivity contribution in [3.8, 4) is 23.3 Å². The fourth-order valence-electron chi connectivity index (χ4n) is 5.51. The van der Waals surface area contributed by atoms with Crippen molar-refractivity contribution >= 4 is 5.91 Å². The van der Waals surface area contributed by atoms with E-state index >= 15 is 0 Å². The molecule has 2 heterocycles. The van der Waals surface area contributed by atoms with Gasteiger partial charge in [-0.3, -0.25) is 9.69 Å². The number of methoxy groups -OCH3 is 2. The number of benzene rings is 2. The lowest BCUT2D eigenvalue weighted by atomic mass is 10.0. The van der Waals surface area contributed by atoms with Crippen molar-refractivity contribution in [1.29, 1.82) is 5.26 Å². The fourth-order valence-corrected chi connectivity index (χ4v) is 5.51. The molecule has 2 aliphatic heterocycles. The van der Waals surface area contributed by atoms with Crippen molar-refractivity contribution in [2.24, 2.45) is 0 Å². The molecule has 1 amide bonds. The third-order valence-electron chi connectivity index (χ3n) is 7.30. The van der Waals surface area contributed by atoms with E-state index in [9.17, 15) is 4.79 Å². The molecule has 3 unspecified atom stereocenters. The number of aryl methyl sites for hydroxylation is 1. The SMILES string of the molecule is CCCC(=O)N1C2CCC1CN(C(CCCc1ccc(C#N)cc1)Oc1ccc(OC)c(OC)c1)C2. The summed E-state index contributed by atoms with van der Waals surface area (Å²) < 4.78 is 17.5. The molecular weight excluding hydrogens is 454 g/mol. The predicted molar refractivity (Wildman–Crippen MR) is 138 cm³/mol. The topological polar surface area (TPSA) is 75.0 Å². The van der Waals surface area contributed by atoms with E-state index in [4.69, 9.17) is 19.5 Å². The van der Waals surface area contributed by atoms with Crippen LogP contribution in [-0.4, -0.2) is 61.3 Å². The Labute approximate surface area is 214 Å². The minimum absolute atomic E-state index is 0.104. The number of amides is 1. The monoisotopic (exact) mass is 491 g/mol. The first-order chi connectivity index (χ1) is 17.6. The van der Waals surface area contributed by atoms with Crippen LogP contribution in [0.5, 0.6) is 17.2 Å². The van der Waals surface area contributed by atoms with Crippen LogP contribution < -0.4 is 14.2 Å². The zero-order valence-corrected chi connectivity index (χ0v) is 21.6. The lowest BCUT2D eigenvalue weighted by Gasteiger charge is -2.44. The molecule has 2 aromatic carbocycles. The minimum Gasteiger partial charge on any atom is -0.493 e. The highest BCUT2D eigenvalue weighted by atomic mass is 16.5. The van der Waals surface area contributed by atoms with Crippen LogP contribution in [0.3, 0.4) is 0 Å². The molecule has 192 valence electrons. The second-order valence-corrected chi connectivity index (χ2v) is 9.68. The number of nitriles is 1. The summed E-state index contributed by atoms with van der Waals surface area (Å²) in [6.07, 6.45) is 6.26. The van der Waals surface area contributed by atoms with Gasteiger partial charge in [-0.2, -0.15) is 5.26 Å². The zero-order chi connectivity index (χ0) is 25.5. The quantitative estimate of drug-likeness (QED) is 0.450. The summed E-state index contributed by atoms with van der Waals surface area (Å²) >= 11 is 0. The maximum atomic E-state index is 12.8. The van der Waals surface area contributed by atoms with Crippen LogP contribution in [0.2, 0.25) is 0 Å². The van der Waals surface area contributed by atoms with Crippen LogP contribution in [-0.2, 0) is 11.2 Å². The Bertz CT molecular complexity index is 1050. The Morgan fingerprint density at radius 3 is 2.36 bits per heavy atom. The number of fused-ring (bicyclic) bond motifs is 2. The number of rotatable bonds is 11. The predicted octanol–water partition coefficient (Wildman–Crippen LogP) is 4.78. The van der Waals surface area contributed by atoms with Gasteiger partial charge < -0.3 is 19.1 Å². The van der Waals surface area contributed by atoms with Gasteiger partial charge in [0.15, 0.2) is 17.7 Å². The van der Waals surface area contributed by atoms with Crippen LogP contribution in [0.15, 0.2) is 42.5 Å². The number of carbonyl (C=O) groups is 1. The number of hydrogen-bond donors (Lipinski definition) is 0. The highest BCUT2D eigenvalue weighted by molar-refractivity contribution is 5.77. The van der Waals surface area contributed by atoms with E-state index in [1.165, 1.54) is 5.56 Å². The third kappa shape index (κ3) is 5.93. The average Bonchev–Trinajstić information content (AvgIpc) is 3.17. The van der Waals surface area contributed by atoms with Gasteiger partial charge in [0.05, 0.1) is 25.9 Å². The van der Waals surface area contributed by atoms with Crippen molar-refractivity contribution in [1.82, 2.24) is 9.80 Å². The smallest absolute Gasteiger partial charge is 0.223 e. The van der Waals surface area contributed by atoms with Crippen molar-refractivity contribution in [2.75, 3.05) is 27.3 Å². The molecule has 7 heteroatoms. The van der Waals surface area contributed by atoms with Gasteiger partial charge in [0, 0.05) is 37.7 Å². The molecule has 0 radical (unpaired) electrons. The number of ether oxygens (including phenoxy) is 3. The van der Waals surface area contributed by atoms with Gasteiger partial charge in [0.25, 0.3) is 0 Å². The van der Waals surface area contributed by atoms with Gasteiger partial charge in [0.1, 0.15) is 5.75 Å². The standard InChI is InChI=1S/C29H37N3O4/c1-4-6-28(33)32-23-13-14-24(32)20-31(19-23)29(8-5-7-21-9-11-22(18-30)12-10-21)36-25-15-16-26(34-2)27(17-25)35-3/h9-12,15-17,23-24,29H,4-8,13-14,19-20H2,1-3H3. The number of carbonyl (C=O) groups excluding carboxylic acids is 1. The van der Waals surface area contributed by atoms with E-state index in [1.54, 1.807) is 14.2 Å². The van der Waals surface area contributed by atoms with Crippen molar-refractivity contribution in [3.05, 3.63) is 53.6 Å². The second-order valence-electron chi connectivity index (χ2n) is 9.68. The van der Waals surface area contributed by atoms with E-state index in [-0.39, 0.29) is 18.3 Å². The molecule has 0 N–H and O–H groups in total. The Morgan fingerprint density at radius 1 is 1.06 bits per heavy atom. The Kier molecular flexibility index (Phi) is 8.71. The van der Waals surface area contributed by atoms with Gasteiger partial charge in [-0.05, 0) is 68.4 Å². The molecular formula is C29H37N3O4. The number of nitrogens with zero attached hydrogens (tertiary/aromatic N) is 3. The second kappa shape index (κ2) is 12.1. The fraction of sp³-hybridized carbons (Fsp3) is 0.517. The molecule has 0 aliphatic carbocycles. The molecule has 4 rings (SSSR count). The van der Waals surface area contributed by atoms with Crippen LogP contribution in [0.4, 0.5) is 0 Å². The first kappa shape index (κ1) is 25.8. The summed E-state index contributed by atoms with van der Waals surface area (Å²) in [5.74, 6) is 2.35. The van der Waals surface area contributed by atoms with Crippen LogP contribution >= 0.6 is 0 Å². The molecule has 7 nitrogen and oxygen atoms in total. The van der Waals surface area contributed by atoms with Gasteiger partial charge in [-0.1, -0.05) is 19.1 Å². The first-order valence-corrected chi connectivity index (χ1v) is 13.0. The number of piperazine rings is 1. The summed E-state index contributed by atoms with van der Waals surface area (Å²) in [7, 11) is 3.25. The van der Waals surface area contributed by atoms with Crippen LogP contribution in [0.1, 0.15) is 56.6 Å². The zero-order valence-electron chi connectivity index (χ0n) is 21.6. The summed E-state index contributed by atoms with van der Waals surface area (Å²) in [5, 5.41) is 9.05. The maximum absolute atomic E-state index is 12.8. The van der Waals surface area contributed by atoms with Crippen molar-refractivity contribution in [2.45, 2.75) is 70.2 Å². The molecule has 2 fully saturated rings. The average molecular weight is 492 g/mol. The van der Waals surface area contributed by atoms with E-state index in [2.05, 4.69) is 22.8 Å². The summed E-state index contributed by atoms with van der Waals surface area (Å²) in [5.41, 5.74) is 1.90. The van der Waals surface area contributed by atoms with Crippen molar-refractivity contribution < 1.29 is 19.0 Å². The molecule has 0 aromatic heterocycles. The Balaban J connectivity index is 1.47. The molecule has 2 saturated heterocycles. The van der Waals surface area contributed by atoms with Gasteiger partial charge in [-0.25, -0.2) is 0 Å².